The zero-order valence-corrected chi connectivity index (χ0v) is 22.0. The Morgan fingerprint density at radius 2 is 1.79 bits per heavy atom. The van der Waals surface area contributed by atoms with Gasteiger partial charge in [0.1, 0.15) is 12.1 Å². The van der Waals surface area contributed by atoms with Gasteiger partial charge in [0.25, 0.3) is 5.91 Å². The van der Waals surface area contributed by atoms with E-state index in [4.69, 9.17) is 29.0 Å². The number of Topliss-reactive ketones (excluding diaryl/α,β-unsaturated/α-hetero) is 1. The molecular formula is C28H47N5O5. The number of primary amides is 1. The second kappa shape index (κ2) is 10.5. The Kier molecular flexibility index (Phi) is 3.90. The van der Waals surface area contributed by atoms with Crippen molar-refractivity contribution in [1.29, 1.82) is 0 Å². The maximum absolute atomic E-state index is 14.4. The third-order valence-electron chi connectivity index (χ3n) is 7.03. The first-order valence-electron chi connectivity index (χ1n) is 20.6. The number of ketones is 1. The first-order chi connectivity index (χ1) is 24.0. The Hall–Kier alpha value is -2.65. The molecule has 5 atom stereocenters. The average Bonchev–Trinajstić information content (AvgIpc) is 3.27. The lowest BCUT2D eigenvalue weighted by Crippen LogP contribution is -2.60. The summed E-state index contributed by atoms with van der Waals surface area (Å²) >= 11 is 0. The van der Waals surface area contributed by atoms with Crippen LogP contribution in [0.25, 0.3) is 0 Å². The van der Waals surface area contributed by atoms with Crippen LogP contribution in [0.3, 0.4) is 0 Å². The molecule has 2 saturated carbocycles. The highest BCUT2D eigenvalue weighted by atomic mass is 16.2. The summed E-state index contributed by atoms with van der Waals surface area (Å²) in [6.45, 7) is -3.37. The second-order valence-corrected chi connectivity index (χ2v) is 11.7. The molecule has 214 valence electrons. The lowest BCUT2D eigenvalue weighted by atomic mass is 9.80. The summed E-state index contributed by atoms with van der Waals surface area (Å²) in [5, 5.41) is 5.70. The zero-order chi connectivity index (χ0) is 43.5. The maximum Gasteiger partial charge on any atom is 0.315 e. The van der Waals surface area contributed by atoms with Gasteiger partial charge in [-0.1, -0.05) is 53.7 Å². The average molecular weight is 551 g/mol. The summed E-state index contributed by atoms with van der Waals surface area (Å²) in [7, 11) is 0. The molecule has 1 heterocycles. The maximum atomic E-state index is 14.4. The van der Waals surface area contributed by atoms with E-state index in [1.54, 1.807) is 39.9 Å². The summed E-state index contributed by atoms with van der Waals surface area (Å²) in [5.41, 5.74) is -0.167. The largest absolute Gasteiger partial charge is 0.363 e. The fraction of sp³-hybridized carbons (Fsp3) is 0.821. The van der Waals surface area contributed by atoms with Gasteiger partial charge < -0.3 is 26.6 Å². The lowest BCUT2D eigenvalue weighted by Gasteiger charge is -2.36. The number of hydrogen-bond acceptors (Lipinski definition) is 5. The highest BCUT2D eigenvalue weighted by Gasteiger charge is 2.69. The Bertz CT molecular complexity index is 1570. The van der Waals surface area contributed by atoms with Gasteiger partial charge in [-0.3, -0.25) is 19.2 Å². The lowest BCUT2D eigenvalue weighted by molar-refractivity contribution is -0.144. The van der Waals surface area contributed by atoms with E-state index in [1.807, 2.05) is 5.32 Å². The molecule has 5 amide bonds. The van der Waals surface area contributed by atoms with Crippen LogP contribution in [0.2, 0.25) is 0 Å². The van der Waals surface area contributed by atoms with Gasteiger partial charge in [0.15, 0.2) is 0 Å². The molecule has 5 N–H and O–H groups in total. The predicted octanol–water partition coefficient (Wildman–Crippen LogP) is 2.10. The van der Waals surface area contributed by atoms with E-state index in [9.17, 15) is 24.0 Å². The van der Waals surface area contributed by atoms with E-state index >= 15 is 0 Å². The number of nitrogens with two attached hydrogens (primary N) is 1. The molecule has 2 aliphatic carbocycles. The SMILES string of the molecule is [2H]C(CC1([2H])C([2H])([2H])C([2H])([2H])C1([2H])[2H])(NC(=O)[C@@H]1[C@@H]2[C@H](CN1C(=O)[C@H](CC(C)(C)C)NC(=O)NC(C([2H])([2H])[2H])(C([2H])([2H])[2H])C([2H])([2H])[2H])C2(C)C)C(=O)C(N)=O. The first-order valence-corrected chi connectivity index (χ1v) is 12.1. The molecule has 38 heavy (non-hydrogen) atoms. The van der Waals surface area contributed by atoms with Crippen molar-refractivity contribution >= 4 is 29.5 Å². The predicted molar refractivity (Wildman–Crippen MR) is 144 cm³/mol. The number of nitrogens with one attached hydrogen (secondary N) is 3. The Morgan fingerprint density at radius 1 is 1.16 bits per heavy atom. The van der Waals surface area contributed by atoms with E-state index in [-0.39, 0.29) is 13.0 Å². The van der Waals surface area contributed by atoms with Crippen molar-refractivity contribution in [3.63, 3.8) is 0 Å². The van der Waals surface area contributed by atoms with Crippen LogP contribution in [-0.2, 0) is 19.2 Å². The number of urea groups is 1. The van der Waals surface area contributed by atoms with Crippen molar-refractivity contribution in [3.05, 3.63) is 0 Å². The molecule has 1 aliphatic heterocycles. The molecule has 0 aromatic heterocycles. The number of carbonyl (C=O) groups excluding carboxylic acids is 5. The molecule has 0 bridgehead atoms. The highest BCUT2D eigenvalue weighted by molar-refractivity contribution is 6.37. The highest BCUT2D eigenvalue weighted by Crippen LogP contribution is 2.65. The van der Waals surface area contributed by atoms with Gasteiger partial charge in [0.05, 0.1) is 7.39 Å². The minimum absolute atomic E-state index is 0.190. The Balaban J connectivity index is 2.06. The molecule has 0 aromatic carbocycles. The zero-order valence-electron chi connectivity index (χ0n) is 39.0. The van der Waals surface area contributed by atoms with Crippen molar-refractivity contribution in [2.75, 3.05) is 6.54 Å². The molecule has 10 nitrogen and oxygen atoms in total. The van der Waals surface area contributed by atoms with Gasteiger partial charge in [-0.15, -0.1) is 0 Å². The summed E-state index contributed by atoms with van der Waals surface area (Å²) in [5.74, 6) is -10.5. The Morgan fingerprint density at radius 3 is 2.34 bits per heavy atom. The minimum Gasteiger partial charge on any atom is -0.363 e. The van der Waals surface area contributed by atoms with Crippen molar-refractivity contribution < 1.29 is 47.3 Å². The van der Waals surface area contributed by atoms with Crippen LogP contribution >= 0.6 is 0 Å². The van der Waals surface area contributed by atoms with Gasteiger partial charge in [-0.05, 0) is 62.0 Å². The number of likely N-dealkylation sites (tertiary alicyclic amines) is 1. The molecule has 0 radical (unpaired) electrons. The molecule has 1 unspecified atom stereocenters. The van der Waals surface area contributed by atoms with Gasteiger partial charge in [-0.25, -0.2) is 4.79 Å². The third kappa shape index (κ3) is 6.86. The number of nitrogens with zero attached hydrogens (tertiary/aromatic N) is 1. The normalized spacial score (nSPS) is 39.1. The number of fused-ring (bicyclic) bond motifs is 1. The standard InChI is InChI=1S/C28H47N5O5/c1-26(2,3)13-18(31-25(38)32-27(4,5)6)24(37)33-14-16-19(28(16,7)8)20(33)23(36)30-17(21(34)22(29)35)12-15-10-9-11-15/h15-20H,9-14H2,1-8H3,(H2,29,35)(H,30,36)(H2,31,32,38)/t16-,17?,18-,19-,20-/m0/s1/i4D3,5D3,6D3,9D2,10D2,11D2,15D,17D. The molecule has 3 rings (SSSR count). The molecule has 0 aromatic rings. The number of rotatable bonds is 9. The van der Waals surface area contributed by atoms with Crippen LogP contribution in [0.15, 0.2) is 0 Å². The quantitative estimate of drug-likeness (QED) is 0.324. The second-order valence-electron chi connectivity index (χ2n) is 11.7. The number of carbonyl (C=O) groups is 5. The molecule has 0 spiro atoms. The van der Waals surface area contributed by atoms with Crippen LogP contribution < -0.4 is 21.7 Å². The number of hydrogen-bond donors (Lipinski definition) is 4. The van der Waals surface area contributed by atoms with E-state index in [0.717, 1.165) is 4.90 Å². The number of amides is 5. The van der Waals surface area contributed by atoms with Crippen molar-refractivity contribution in [2.45, 2.75) is 111 Å². The number of piperidine rings is 1. The van der Waals surface area contributed by atoms with E-state index in [2.05, 4.69) is 5.32 Å². The first kappa shape index (κ1) is 14.1. The van der Waals surface area contributed by atoms with Crippen molar-refractivity contribution in [2.24, 2.45) is 34.3 Å². The van der Waals surface area contributed by atoms with Crippen LogP contribution in [0.1, 0.15) is 110 Å². The third-order valence-corrected chi connectivity index (χ3v) is 7.03. The molecule has 10 heteroatoms. The van der Waals surface area contributed by atoms with Crippen LogP contribution in [0.5, 0.6) is 0 Å². The summed E-state index contributed by atoms with van der Waals surface area (Å²) in [6.07, 6.45) is -11.9. The minimum atomic E-state index is -3.83. The summed E-state index contributed by atoms with van der Waals surface area (Å²) < 4.78 is 136. The summed E-state index contributed by atoms with van der Waals surface area (Å²) in [4.78, 5) is 68.1. The molecule has 3 fully saturated rings. The van der Waals surface area contributed by atoms with Crippen molar-refractivity contribution in [3.8, 4) is 0 Å². The van der Waals surface area contributed by atoms with E-state index in [1.165, 1.54) is 0 Å². The van der Waals surface area contributed by atoms with Crippen LogP contribution in [-0.4, -0.2) is 64.6 Å². The van der Waals surface area contributed by atoms with Gasteiger partial charge in [0, 0.05) is 34.0 Å². The van der Waals surface area contributed by atoms with Gasteiger partial charge in [-0.2, -0.15) is 0 Å². The molecular weight excluding hydrogens is 486 g/mol. The van der Waals surface area contributed by atoms with Gasteiger partial charge in [0.2, 0.25) is 17.6 Å². The van der Waals surface area contributed by atoms with Gasteiger partial charge >= 0.3 is 6.03 Å². The van der Waals surface area contributed by atoms with Crippen LogP contribution in [0, 0.1) is 28.6 Å². The fourth-order valence-corrected chi connectivity index (χ4v) is 5.16. The topological polar surface area (TPSA) is 151 Å². The fourth-order valence-electron chi connectivity index (χ4n) is 5.16. The molecule has 1 saturated heterocycles. The van der Waals surface area contributed by atoms with E-state index < -0.39 is 128 Å². The smallest absolute Gasteiger partial charge is 0.315 e. The monoisotopic (exact) mass is 550 g/mol. The summed E-state index contributed by atoms with van der Waals surface area (Å²) in [6, 6.07) is -8.34. The van der Waals surface area contributed by atoms with Crippen molar-refractivity contribution in [1.82, 2.24) is 20.9 Å². The molecule has 3 aliphatic rings. The van der Waals surface area contributed by atoms with Crippen LogP contribution in [0.4, 0.5) is 4.79 Å². The van der Waals surface area contributed by atoms with E-state index in [0.29, 0.717) is 0 Å². The Labute approximate surface area is 250 Å².